The second-order valence-corrected chi connectivity index (χ2v) is 3.54. The summed E-state index contributed by atoms with van der Waals surface area (Å²) in [5.74, 6) is -1.87. The summed E-state index contributed by atoms with van der Waals surface area (Å²) in [6, 6.07) is 0.544. The Balaban J connectivity index is 3.44. The summed E-state index contributed by atoms with van der Waals surface area (Å²) in [4.78, 5) is 10.4. The van der Waals surface area contributed by atoms with Gasteiger partial charge in [-0.25, -0.2) is 4.79 Å². The first-order chi connectivity index (χ1) is 8.44. The van der Waals surface area contributed by atoms with Crippen LogP contribution in [-0.2, 0) is 17.1 Å². The van der Waals surface area contributed by atoms with Crippen molar-refractivity contribution in [3.63, 3.8) is 0 Å². The molecular weight excluding hydrogens is 282 g/mol. The van der Waals surface area contributed by atoms with Crippen molar-refractivity contribution in [1.29, 1.82) is 0 Å². The number of carboxylic acids is 1. The lowest BCUT2D eigenvalue weighted by Crippen LogP contribution is -2.18. The number of carboxylic acid groups (broad SMARTS) is 1. The van der Waals surface area contributed by atoms with E-state index in [-0.39, 0.29) is 12.1 Å². The van der Waals surface area contributed by atoms with Gasteiger partial charge in [-0.1, -0.05) is 6.07 Å². The third-order valence-corrected chi connectivity index (χ3v) is 2.20. The Labute approximate surface area is 102 Å². The van der Waals surface area contributed by atoms with Crippen LogP contribution in [0, 0.1) is 0 Å². The van der Waals surface area contributed by atoms with Crippen LogP contribution in [0.1, 0.15) is 22.8 Å². The van der Waals surface area contributed by atoms with Crippen molar-refractivity contribution in [1.82, 2.24) is 0 Å². The van der Waals surface area contributed by atoms with Crippen LogP contribution >= 0.6 is 0 Å². The zero-order chi connectivity index (χ0) is 15.0. The molecule has 1 aromatic carbocycles. The van der Waals surface area contributed by atoms with E-state index in [2.05, 4.69) is 0 Å². The lowest BCUT2D eigenvalue weighted by atomic mass is 10.00. The van der Waals surface area contributed by atoms with Gasteiger partial charge in [0, 0.05) is 0 Å². The highest BCUT2D eigenvalue weighted by molar-refractivity contribution is 5.74. The number of halogens is 6. The van der Waals surface area contributed by atoms with E-state index in [0.717, 1.165) is 0 Å². The van der Waals surface area contributed by atoms with Gasteiger partial charge in [-0.3, -0.25) is 0 Å². The maximum atomic E-state index is 12.5. The van der Waals surface area contributed by atoms with Gasteiger partial charge in [0.05, 0.1) is 11.1 Å². The fraction of sp³-hybridized carbons (Fsp3) is 0.300. The second-order valence-electron chi connectivity index (χ2n) is 3.54. The molecule has 0 aliphatic rings. The predicted octanol–water partition coefficient (Wildman–Crippen LogP) is 2.84. The van der Waals surface area contributed by atoms with Crippen LogP contribution in [0.25, 0.3) is 0 Å². The summed E-state index contributed by atoms with van der Waals surface area (Å²) in [5.41, 5.74) is -4.77. The number of carbonyl (C=O) groups is 1. The molecule has 3 nitrogen and oxygen atoms in total. The van der Waals surface area contributed by atoms with Crippen molar-refractivity contribution in [3.8, 4) is 0 Å². The van der Waals surface area contributed by atoms with E-state index in [1.807, 2.05) is 0 Å². The summed E-state index contributed by atoms with van der Waals surface area (Å²) < 4.78 is 74.7. The molecule has 0 saturated heterocycles. The highest BCUT2D eigenvalue weighted by Gasteiger charge is 2.43. The summed E-state index contributed by atoms with van der Waals surface area (Å²) in [6.45, 7) is 0. The highest BCUT2D eigenvalue weighted by atomic mass is 19.4. The Kier molecular flexibility index (Phi) is 3.80. The van der Waals surface area contributed by atoms with Crippen molar-refractivity contribution < 1.29 is 41.4 Å². The smallest absolute Gasteiger partial charge is 0.417 e. The molecule has 0 heterocycles. The molecule has 106 valence electrons. The molecule has 9 heteroatoms. The van der Waals surface area contributed by atoms with Gasteiger partial charge >= 0.3 is 18.3 Å². The third kappa shape index (κ3) is 3.37. The van der Waals surface area contributed by atoms with Crippen LogP contribution in [0.5, 0.6) is 0 Å². The molecule has 0 fully saturated rings. The maximum absolute atomic E-state index is 12.5. The number of alkyl halides is 6. The molecule has 1 aromatic rings. The standard InChI is InChI=1S/C10H6F6O3/c11-9(12,13)5-2-1-4(7(17)8(18)19)3-6(5)10(14,15)16/h1-3,7,17H,(H,18,19)/t7-/m1/s1. The Morgan fingerprint density at radius 3 is 1.84 bits per heavy atom. The number of aliphatic carboxylic acids is 1. The van der Waals surface area contributed by atoms with Crippen LogP contribution in [0.3, 0.4) is 0 Å². The van der Waals surface area contributed by atoms with Gasteiger partial charge in [-0.2, -0.15) is 26.3 Å². The molecule has 0 spiro atoms. The molecule has 2 N–H and O–H groups in total. The molecule has 0 aromatic heterocycles. The first-order valence-electron chi connectivity index (χ1n) is 4.64. The largest absolute Gasteiger partial charge is 0.479 e. The van der Waals surface area contributed by atoms with Crippen molar-refractivity contribution in [2.45, 2.75) is 18.5 Å². The minimum absolute atomic E-state index is 0.0262. The molecule has 1 rings (SSSR count). The fourth-order valence-electron chi connectivity index (χ4n) is 1.36. The lowest BCUT2D eigenvalue weighted by Gasteiger charge is -2.17. The summed E-state index contributed by atoms with van der Waals surface area (Å²) in [7, 11) is 0. The predicted molar refractivity (Wildman–Crippen MR) is 49.0 cm³/mol. The number of aliphatic hydroxyl groups excluding tert-OH is 1. The van der Waals surface area contributed by atoms with E-state index in [0.29, 0.717) is 6.07 Å². The topological polar surface area (TPSA) is 57.5 Å². The van der Waals surface area contributed by atoms with Gasteiger partial charge in [0.15, 0.2) is 6.10 Å². The molecule has 0 saturated carbocycles. The quantitative estimate of drug-likeness (QED) is 0.823. The summed E-state index contributed by atoms with van der Waals surface area (Å²) >= 11 is 0. The van der Waals surface area contributed by atoms with Crippen LogP contribution < -0.4 is 0 Å². The second kappa shape index (κ2) is 4.72. The van der Waals surface area contributed by atoms with Gasteiger partial charge in [0.1, 0.15) is 0 Å². The Hall–Kier alpha value is -1.77. The Bertz CT molecular complexity index is 491. The summed E-state index contributed by atoms with van der Waals surface area (Å²) in [5, 5.41) is 17.4. The molecule has 1 atom stereocenters. The van der Waals surface area contributed by atoms with Gasteiger partial charge in [-0.15, -0.1) is 0 Å². The molecule has 0 amide bonds. The monoisotopic (exact) mass is 288 g/mol. The van der Waals surface area contributed by atoms with E-state index >= 15 is 0 Å². The molecule has 0 aliphatic carbocycles. The van der Waals surface area contributed by atoms with Crippen LogP contribution in [0.2, 0.25) is 0 Å². The Morgan fingerprint density at radius 1 is 1.00 bits per heavy atom. The van der Waals surface area contributed by atoms with Gasteiger partial charge in [0.2, 0.25) is 0 Å². The minimum Gasteiger partial charge on any atom is -0.479 e. The fourth-order valence-corrected chi connectivity index (χ4v) is 1.36. The minimum atomic E-state index is -5.32. The first kappa shape index (κ1) is 15.3. The number of hydrogen-bond donors (Lipinski definition) is 2. The molecular formula is C10H6F6O3. The van der Waals surface area contributed by atoms with Crippen molar-refractivity contribution in [3.05, 3.63) is 34.9 Å². The Morgan fingerprint density at radius 2 is 1.47 bits per heavy atom. The van der Waals surface area contributed by atoms with Crippen LogP contribution in [0.4, 0.5) is 26.3 Å². The normalized spacial score (nSPS) is 14.3. The molecule has 0 bridgehead atoms. The van der Waals surface area contributed by atoms with E-state index < -0.39 is 41.1 Å². The van der Waals surface area contributed by atoms with Gasteiger partial charge in [0.25, 0.3) is 0 Å². The highest BCUT2D eigenvalue weighted by Crippen LogP contribution is 2.41. The van der Waals surface area contributed by atoms with Gasteiger partial charge in [-0.05, 0) is 17.7 Å². The van der Waals surface area contributed by atoms with Crippen molar-refractivity contribution >= 4 is 5.97 Å². The van der Waals surface area contributed by atoms with Crippen molar-refractivity contribution in [2.24, 2.45) is 0 Å². The zero-order valence-corrected chi connectivity index (χ0v) is 8.88. The number of aliphatic hydroxyl groups is 1. The van der Waals surface area contributed by atoms with Gasteiger partial charge < -0.3 is 10.2 Å². The van der Waals surface area contributed by atoms with E-state index in [4.69, 9.17) is 10.2 Å². The molecule has 19 heavy (non-hydrogen) atoms. The third-order valence-electron chi connectivity index (χ3n) is 2.20. The van der Waals surface area contributed by atoms with E-state index in [9.17, 15) is 31.1 Å². The molecule has 0 radical (unpaired) electrons. The SMILES string of the molecule is O=C(O)[C@H](O)c1ccc(C(F)(F)F)c(C(F)(F)F)c1. The number of benzene rings is 1. The number of rotatable bonds is 2. The zero-order valence-electron chi connectivity index (χ0n) is 8.88. The van der Waals surface area contributed by atoms with E-state index in [1.165, 1.54) is 0 Å². The van der Waals surface area contributed by atoms with E-state index in [1.54, 1.807) is 0 Å². The van der Waals surface area contributed by atoms with Crippen LogP contribution in [0.15, 0.2) is 18.2 Å². The number of hydrogen-bond acceptors (Lipinski definition) is 2. The molecule has 0 aliphatic heterocycles. The van der Waals surface area contributed by atoms with Crippen molar-refractivity contribution in [2.75, 3.05) is 0 Å². The lowest BCUT2D eigenvalue weighted by molar-refractivity contribution is -0.162. The first-order valence-corrected chi connectivity index (χ1v) is 4.64. The maximum Gasteiger partial charge on any atom is 0.417 e. The molecule has 0 unspecified atom stereocenters. The van der Waals surface area contributed by atoms with Crippen LogP contribution in [-0.4, -0.2) is 16.2 Å². The average molecular weight is 288 g/mol. The average Bonchev–Trinajstić information content (AvgIpc) is 2.24. The summed E-state index contributed by atoms with van der Waals surface area (Å²) in [6.07, 6.45) is -12.9.